The summed E-state index contributed by atoms with van der Waals surface area (Å²) >= 11 is 8.21. The molecule has 6 heteroatoms. The number of benzene rings is 1. The summed E-state index contributed by atoms with van der Waals surface area (Å²) in [6, 6.07) is 5.79. The molecule has 2 heterocycles. The summed E-state index contributed by atoms with van der Waals surface area (Å²) in [5.74, 6) is 2.05. The fourth-order valence-corrected chi connectivity index (χ4v) is 5.55. The van der Waals surface area contributed by atoms with Crippen molar-refractivity contribution in [2.75, 3.05) is 12.9 Å². The van der Waals surface area contributed by atoms with Crippen molar-refractivity contribution in [1.29, 1.82) is 0 Å². The predicted molar refractivity (Wildman–Crippen MR) is 107 cm³/mol. The van der Waals surface area contributed by atoms with Gasteiger partial charge in [0.1, 0.15) is 11.1 Å². The van der Waals surface area contributed by atoms with Crippen LogP contribution in [0, 0.1) is 11.8 Å². The molecule has 1 amide bonds. The summed E-state index contributed by atoms with van der Waals surface area (Å²) in [5, 5.41) is 7.39. The highest BCUT2D eigenvalue weighted by Gasteiger charge is 2.42. The number of hydrogen-bond acceptors (Lipinski definition) is 4. The van der Waals surface area contributed by atoms with E-state index in [9.17, 15) is 4.79 Å². The minimum absolute atomic E-state index is 0.0177. The molecule has 0 bridgehead atoms. The maximum absolute atomic E-state index is 13.1. The smallest absolute Gasteiger partial charge is 0.247 e. The third kappa shape index (κ3) is 3.27. The van der Waals surface area contributed by atoms with Gasteiger partial charge in [-0.15, -0.1) is 11.8 Å². The van der Waals surface area contributed by atoms with E-state index in [4.69, 9.17) is 21.4 Å². The van der Waals surface area contributed by atoms with Gasteiger partial charge in [0.15, 0.2) is 0 Å². The molecule has 1 aliphatic carbocycles. The van der Waals surface area contributed by atoms with E-state index in [1.807, 2.05) is 30.0 Å². The molecule has 0 saturated carbocycles. The first kappa shape index (κ1) is 17.9. The van der Waals surface area contributed by atoms with Crippen molar-refractivity contribution in [3.63, 3.8) is 0 Å². The van der Waals surface area contributed by atoms with Crippen LogP contribution >= 0.6 is 23.4 Å². The topological polar surface area (TPSA) is 41.9 Å². The lowest BCUT2D eigenvalue weighted by molar-refractivity contribution is -0.138. The molecular weight excluding hydrogens is 368 g/mol. The Hall–Kier alpha value is -1.46. The van der Waals surface area contributed by atoms with E-state index in [0.717, 1.165) is 42.7 Å². The Morgan fingerprint density at radius 2 is 2.04 bits per heavy atom. The second-order valence-corrected chi connectivity index (χ2v) is 8.69. The number of hydrazone groups is 1. The zero-order valence-corrected chi connectivity index (χ0v) is 16.4. The summed E-state index contributed by atoms with van der Waals surface area (Å²) < 4.78 is 5.28. The van der Waals surface area contributed by atoms with E-state index in [-0.39, 0.29) is 23.1 Å². The van der Waals surface area contributed by atoms with Gasteiger partial charge in [0, 0.05) is 5.92 Å². The molecule has 3 aliphatic rings. The number of allylic oxidation sites excluding steroid dienone is 2. The summed E-state index contributed by atoms with van der Waals surface area (Å²) in [6.45, 7) is 0. The second-order valence-electron chi connectivity index (χ2n) is 6.99. The maximum Gasteiger partial charge on any atom is 0.247 e. The van der Waals surface area contributed by atoms with Crippen LogP contribution in [0.3, 0.4) is 0 Å². The summed E-state index contributed by atoms with van der Waals surface area (Å²) in [6.07, 6.45) is 9.35. The van der Waals surface area contributed by atoms with Crippen molar-refractivity contribution in [1.82, 2.24) is 5.01 Å². The number of hydrogen-bond donors (Lipinski definition) is 0. The summed E-state index contributed by atoms with van der Waals surface area (Å²) in [4.78, 5) is 13.1. The SMILES string of the molecule is COc1ccc(C2=NN(C3CCCCS3)C(=O)[C@@H]3CC=CC[C@H]23)cc1Cl. The van der Waals surface area contributed by atoms with E-state index in [0.29, 0.717) is 10.8 Å². The van der Waals surface area contributed by atoms with Crippen molar-refractivity contribution in [3.05, 3.63) is 40.9 Å². The molecule has 0 aromatic heterocycles. The molecule has 3 atom stereocenters. The minimum atomic E-state index is -0.0177. The number of fused-ring (bicyclic) bond motifs is 1. The highest BCUT2D eigenvalue weighted by molar-refractivity contribution is 7.99. The number of amides is 1. The highest BCUT2D eigenvalue weighted by Crippen LogP contribution is 2.39. The van der Waals surface area contributed by atoms with Crippen LogP contribution in [0.25, 0.3) is 0 Å². The van der Waals surface area contributed by atoms with Crippen LogP contribution in [0.15, 0.2) is 35.5 Å². The van der Waals surface area contributed by atoms with Gasteiger partial charge in [0.2, 0.25) is 5.91 Å². The molecule has 1 unspecified atom stereocenters. The zero-order chi connectivity index (χ0) is 18.1. The molecule has 4 rings (SSSR count). The van der Waals surface area contributed by atoms with E-state index in [1.165, 1.54) is 6.42 Å². The Bertz CT molecular complexity index is 758. The van der Waals surface area contributed by atoms with Crippen LogP contribution in [0.2, 0.25) is 5.02 Å². The molecular formula is C20H23ClN2O2S. The van der Waals surface area contributed by atoms with Crippen LogP contribution in [0.1, 0.15) is 37.7 Å². The average Bonchev–Trinajstić information content (AvgIpc) is 2.69. The molecule has 2 aliphatic heterocycles. The molecule has 26 heavy (non-hydrogen) atoms. The van der Waals surface area contributed by atoms with Gasteiger partial charge in [0.05, 0.1) is 23.8 Å². The van der Waals surface area contributed by atoms with Gasteiger partial charge in [-0.25, -0.2) is 5.01 Å². The van der Waals surface area contributed by atoms with Gasteiger partial charge >= 0.3 is 0 Å². The van der Waals surface area contributed by atoms with Crippen molar-refractivity contribution in [2.45, 2.75) is 37.5 Å². The predicted octanol–water partition coefficient (Wildman–Crippen LogP) is 4.72. The maximum atomic E-state index is 13.1. The number of halogens is 1. The molecule has 0 N–H and O–H groups in total. The normalized spacial score (nSPS) is 28.5. The van der Waals surface area contributed by atoms with Crippen molar-refractivity contribution >= 4 is 35.0 Å². The van der Waals surface area contributed by atoms with E-state index >= 15 is 0 Å². The lowest BCUT2D eigenvalue weighted by atomic mass is 9.76. The fraction of sp³-hybridized carbons (Fsp3) is 0.500. The minimum Gasteiger partial charge on any atom is -0.495 e. The monoisotopic (exact) mass is 390 g/mol. The average molecular weight is 391 g/mol. The van der Waals surface area contributed by atoms with Crippen LogP contribution < -0.4 is 4.74 Å². The van der Waals surface area contributed by atoms with Gasteiger partial charge in [0.25, 0.3) is 0 Å². The molecule has 0 radical (unpaired) electrons. The summed E-state index contributed by atoms with van der Waals surface area (Å²) in [5.41, 5.74) is 1.97. The van der Waals surface area contributed by atoms with Crippen molar-refractivity contribution in [3.8, 4) is 5.75 Å². The number of thioether (sulfide) groups is 1. The van der Waals surface area contributed by atoms with Gasteiger partial charge in [-0.3, -0.25) is 4.79 Å². The van der Waals surface area contributed by atoms with Gasteiger partial charge < -0.3 is 4.74 Å². The number of nitrogens with zero attached hydrogens (tertiary/aromatic N) is 2. The zero-order valence-electron chi connectivity index (χ0n) is 14.9. The van der Waals surface area contributed by atoms with E-state index < -0.39 is 0 Å². The van der Waals surface area contributed by atoms with E-state index in [1.54, 1.807) is 12.1 Å². The van der Waals surface area contributed by atoms with Crippen LogP contribution in [0.5, 0.6) is 5.75 Å². The molecule has 4 nitrogen and oxygen atoms in total. The number of rotatable bonds is 3. The number of ether oxygens (including phenoxy) is 1. The quantitative estimate of drug-likeness (QED) is 0.701. The third-order valence-electron chi connectivity index (χ3n) is 5.42. The Labute approximate surface area is 163 Å². The van der Waals surface area contributed by atoms with Crippen molar-refractivity contribution < 1.29 is 9.53 Å². The number of methoxy groups -OCH3 is 1. The van der Waals surface area contributed by atoms with Crippen LogP contribution in [-0.4, -0.2) is 34.9 Å². The van der Waals surface area contributed by atoms with Crippen molar-refractivity contribution in [2.24, 2.45) is 16.9 Å². The molecule has 0 spiro atoms. The Balaban J connectivity index is 1.74. The molecule has 1 aromatic rings. The standard InChI is InChI=1S/C20H23ClN2O2S/c1-25-17-10-9-13(12-16(17)21)19-14-6-2-3-7-15(14)20(24)23(22-19)18-8-4-5-11-26-18/h2-3,9-10,12,14-15,18H,4-8,11H2,1H3/t14-,15+,18?/m0/s1. The largest absolute Gasteiger partial charge is 0.495 e. The summed E-state index contributed by atoms with van der Waals surface area (Å²) in [7, 11) is 1.61. The molecule has 1 saturated heterocycles. The fourth-order valence-electron chi connectivity index (χ4n) is 4.02. The highest BCUT2D eigenvalue weighted by atomic mass is 35.5. The first-order chi connectivity index (χ1) is 12.7. The van der Waals surface area contributed by atoms with Crippen LogP contribution in [-0.2, 0) is 4.79 Å². The Morgan fingerprint density at radius 1 is 1.23 bits per heavy atom. The first-order valence-corrected chi connectivity index (χ1v) is 10.6. The van der Waals surface area contributed by atoms with E-state index in [2.05, 4.69) is 12.2 Å². The molecule has 1 aromatic carbocycles. The lowest BCUT2D eigenvalue weighted by Crippen LogP contribution is -2.48. The second kappa shape index (κ2) is 7.65. The molecule has 1 fully saturated rings. The molecule has 138 valence electrons. The van der Waals surface area contributed by atoms with Crippen LogP contribution in [0.4, 0.5) is 0 Å². The number of carbonyl (C=O) groups is 1. The van der Waals surface area contributed by atoms with Gasteiger partial charge in [-0.2, -0.15) is 5.10 Å². The first-order valence-electron chi connectivity index (χ1n) is 9.21. The number of carbonyl (C=O) groups excluding carboxylic acids is 1. The third-order valence-corrected chi connectivity index (χ3v) is 7.06. The Kier molecular flexibility index (Phi) is 5.28. The van der Waals surface area contributed by atoms with Gasteiger partial charge in [-0.1, -0.05) is 23.8 Å². The Morgan fingerprint density at radius 3 is 2.73 bits per heavy atom. The van der Waals surface area contributed by atoms with Gasteiger partial charge in [-0.05, 0) is 61.6 Å². The lowest BCUT2D eigenvalue weighted by Gasteiger charge is -2.40.